The smallest absolute Gasteiger partial charge is 0.393 e. The zero-order valence-corrected chi connectivity index (χ0v) is 25.0. The van der Waals surface area contributed by atoms with Gasteiger partial charge < -0.3 is 15.0 Å². The molecule has 2 saturated carbocycles. The van der Waals surface area contributed by atoms with Gasteiger partial charge in [0.1, 0.15) is 23.5 Å². The fourth-order valence-electron chi connectivity index (χ4n) is 5.82. The highest BCUT2D eigenvalue weighted by Gasteiger charge is 2.35. The van der Waals surface area contributed by atoms with Crippen molar-refractivity contribution in [3.63, 3.8) is 0 Å². The van der Waals surface area contributed by atoms with Gasteiger partial charge in [-0.2, -0.15) is 18.3 Å². The second kappa shape index (κ2) is 13.8. The molecule has 3 atom stereocenters. The van der Waals surface area contributed by atoms with Crippen LogP contribution in [0.25, 0.3) is 22.2 Å². The molecule has 3 unspecified atom stereocenters. The highest BCUT2D eigenvalue weighted by atomic mass is 19.4. The first-order valence-electron chi connectivity index (χ1n) is 15.1. The molecular formula is C31H42F3N7O. The number of H-pyrrole nitrogens is 1. The zero-order chi connectivity index (χ0) is 30.4. The van der Waals surface area contributed by atoms with Gasteiger partial charge in [-0.25, -0.2) is 4.98 Å². The van der Waals surface area contributed by atoms with E-state index in [0.29, 0.717) is 35.4 Å². The van der Waals surface area contributed by atoms with Crippen molar-refractivity contribution in [1.82, 2.24) is 35.3 Å². The van der Waals surface area contributed by atoms with Crippen LogP contribution in [-0.2, 0) is 19.8 Å². The molecule has 3 aromatic heterocycles. The Bertz CT molecular complexity index is 1440. The van der Waals surface area contributed by atoms with E-state index in [9.17, 15) is 18.3 Å². The second-order valence-corrected chi connectivity index (χ2v) is 10.6. The molecule has 228 valence electrons. The zero-order valence-electron chi connectivity index (χ0n) is 25.0. The molecule has 0 aliphatic heterocycles. The Morgan fingerprint density at radius 1 is 1.10 bits per heavy atom. The first kappa shape index (κ1) is 31.6. The number of nitrogens with one attached hydrogen (secondary N) is 2. The van der Waals surface area contributed by atoms with E-state index in [4.69, 9.17) is 0 Å². The molecule has 8 nitrogen and oxygen atoms in total. The van der Waals surface area contributed by atoms with E-state index >= 15 is 0 Å². The molecule has 1 aromatic carbocycles. The van der Waals surface area contributed by atoms with Crippen LogP contribution >= 0.6 is 0 Å². The van der Waals surface area contributed by atoms with Gasteiger partial charge >= 0.3 is 6.18 Å². The van der Waals surface area contributed by atoms with E-state index < -0.39 is 11.9 Å². The van der Waals surface area contributed by atoms with E-state index in [2.05, 4.69) is 30.7 Å². The summed E-state index contributed by atoms with van der Waals surface area (Å²) >= 11 is 0. The van der Waals surface area contributed by atoms with Crippen LogP contribution in [0.1, 0.15) is 94.9 Å². The number of aromatic amines is 1. The van der Waals surface area contributed by atoms with Crippen LogP contribution in [0.3, 0.4) is 0 Å². The molecule has 4 aromatic rings. The number of aromatic nitrogens is 6. The minimum atomic E-state index is -4.59. The van der Waals surface area contributed by atoms with Crippen LogP contribution in [0, 0.1) is 5.92 Å². The summed E-state index contributed by atoms with van der Waals surface area (Å²) in [6, 6.07) is 8.98. The third kappa shape index (κ3) is 6.67. The van der Waals surface area contributed by atoms with Crippen molar-refractivity contribution >= 4 is 10.9 Å². The summed E-state index contributed by atoms with van der Waals surface area (Å²) in [5.41, 5.74) is 2.03. The third-order valence-electron chi connectivity index (χ3n) is 8.05. The number of hydrogen-bond acceptors (Lipinski definition) is 6. The molecule has 2 fully saturated rings. The van der Waals surface area contributed by atoms with Crippen LogP contribution < -0.4 is 5.32 Å². The molecule has 6 rings (SSSR count). The highest BCUT2D eigenvalue weighted by molar-refractivity contribution is 5.94. The number of alkyl halides is 3. The summed E-state index contributed by atoms with van der Waals surface area (Å²) in [6.07, 6.45) is 2.14. The normalized spacial score (nSPS) is 19.5. The lowest BCUT2D eigenvalue weighted by atomic mass is 9.72. The SMILES string of the molecule is CC.CC.Cn1cnnc1C(c1cccc(-c2n[nH]c3c(CNC4CCC(O)C4)nc(C(F)(F)F)cc23)c1)C1CCC1. The lowest BCUT2D eigenvalue weighted by molar-refractivity contribution is -0.141. The van der Waals surface area contributed by atoms with Gasteiger partial charge in [0, 0.05) is 36.5 Å². The fraction of sp³-hybridized carbons (Fsp3) is 0.548. The number of rotatable bonds is 7. The van der Waals surface area contributed by atoms with Crippen LogP contribution in [0.15, 0.2) is 36.7 Å². The Hall–Kier alpha value is -3.31. The van der Waals surface area contributed by atoms with Crippen molar-refractivity contribution in [1.29, 1.82) is 0 Å². The lowest BCUT2D eigenvalue weighted by Gasteiger charge is -2.33. The Balaban J connectivity index is 0.000000972. The minimum Gasteiger partial charge on any atom is -0.393 e. The van der Waals surface area contributed by atoms with Gasteiger partial charge in [-0.15, -0.1) is 10.2 Å². The van der Waals surface area contributed by atoms with Gasteiger partial charge in [0.05, 0.1) is 17.3 Å². The van der Waals surface area contributed by atoms with Crippen LogP contribution in [0.2, 0.25) is 0 Å². The van der Waals surface area contributed by atoms with Gasteiger partial charge in [0.2, 0.25) is 0 Å². The quantitative estimate of drug-likeness (QED) is 0.221. The average Bonchev–Trinajstić information content (AvgIpc) is 3.70. The molecule has 0 radical (unpaired) electrons. The predicted octanol–water partition coefficient (Wildman–Crippen LogP) is 6.76. The number of benzene rings is 1. The number of pyridine rings is 1. The van der Waals surface area contributed by atoms with Gasteiger partial charge in [0.25, 0.3) is 0 Å². The molecule has 0 saturated heterocycles. The van der Waals surface area contributed by atoms with E-state index in [0.717, 1.165) is 42.3 Å². The summed E-state index contributed by atoms with van der Waals surface area (Å²) in [6.45, 7) is 8.15. The topological polar surface area (TPSA) is 105 Å². The molecular weight excluding hydrogens is 543 g/mol. The number of aryl methyl sites for hydroxylation is 1. The number of aliphatic hydroxyl groups is 1. The first-order chi connectivity index (χ1) is 20.3. The Morgan fingerprint density at radius 2 is 1.86 bits per heavy atom. The molecule has 3 heterocycles. The van der Waals surface area contributed by atoms with Crippen LogP contribution in [0.5, 0.6) is 0 Å². The van der Waals surface area contributed by atoms with Crippen LogP contribution in [-0.4, -0.2) is 47.2 Å². The van der Waals surface area contributed by atoms with Crippen molar-refractivity contribution in [2.45, 2.75) is 97.0 Å². The number of fused-ring (bicyclic) bond motifs is 1. The van der Waals surface area contributed by atoms with Crippen molar-refractivity contribution in [2.24, 2.45) is 13.0 Å². The monoisotopic (exact) mass is 585 g/mol. The van der Waals surface area contributed by atoms with E-state index in [1.165, 1.54) is 6.42 Å². The number of halogens is 3. The summed E-state index contributed by atoms with van der Waals surface area (Å²) in [5.74, 6) is 1.37. The van der Waals surface area contributed by atoms with Crippen molar-refractivity contribution in [3.8, 4) is 11.3 Å². The minimum absolute atomic E-state index is 0.0412. The van der Waals surface area contributed by atoms with Gasteiger partial charge in [0.15, 0.2) is 0 Å². The summed E-state index contributed by atoms with van der Waals surface area (Å²) < 4.78 is 43.5. The Kier molecular flexibility index (Phi) is 10.4. The highest BCUT2D eigenvalue weighted by Crippen LogP contribution is 2.43. The maximum atomic E-state index is 13.9. The van der Waals surface area contributed by atoms with Crippen LogP contribution in [0.4, 0.5) is 13.2 Å². The second-order valence-electron chi connectivity index (χ2n) is 10.6. The molecule has 2 aliphatic rings. The average molecular weight is 586 g/mol. The molecule has 3 N–H and O–H groups in total. The summed E-state index contributed by atoms with van der Waals surface area (Å²) in [4.78, 5) is 3.95. The summed E-state index contributed by atoms with van der Waals surface area (Å²) in [5, 5.41) is 29.3. The Labute approximate surface area is 245 Å². The Morgan fingerprint density at radius 3 is 2.45 bits per heavy atom. The predicted molar refractivity (Wildman–Crippen MR) is 158 cm³/mol. The standard InChI is InChI=1S/C27H30F3N7O.2C2H6/c1-37-14-32-36-26(37)23(15-4-2-5-15)16-6-3-7-17(10-16)24-20-12-22(27(28,29)30)33-21(25(20)35-34-24)13-31-18-8-9-19(38)11-18;2*1-2/h3,6-7,10,12,14-15,18-19,23,31,38H,2,4-5,8-9,11,13H2,1H3,(H,34,35);2*1-2H3. The summed E-state index contributed by atoms with van der Waals surface area (Å²) in [7, 11) is 1.93. The lowest BCUT2D eigenvalue weighted by Crippen LogP contribution is -2.27. The van der Waals surface area contributed by atoms with Crippen molar-refractivity contribution < 1.29 is 18.3 Å². The van der Waals surface area contributed by atoms with E-state index in [1.54, 1.807) is 6.33 Å². The number of aliphatic hydroxyl groups excluding tert-OH is 1. The largest absolute Gasteiger partial charge is 0.433 e. The maximum Gasteiger partial charge on any atom is 0.433 e. The van der Waals surface area contributed by atoms with Gasteiger partial charge in [-0.1, -0.05) is 52.3 Å². The fourth-order valence-corrected chi connectivity index (χ4v) is 5.82. The molecule has 42 heavy (non-hydrogen) atoms. The molecule has 0 amide bonds. The van der Waals surface area contributed by atoms with Gasteiger partial charge in [-0.3, -0.25) is 5.10 Å². The molecule has 2 aliphatic carbocycles. The number of hydrogen-bond donors (Lipinski definition) is 3. The molecule has 11 heteroatoms. The third-order valence-corrected chi connectivity index (χ3v) is 8.05. The van der Waals surface area contributed by atoms with Crippen molar-refractivity contribution in [2.75, 3.05) is 0 Å². The first-order valence-corrected chi connectivity index (χ1v) is 15.1. The van der Waals surface area contributed by atoms with Gasteiger partial charge in [-0.05, 0) is 55.7 Å². The van der Waals surface area contributed by atoms with E-state index in [1.807, 2.05) is 63.6 Å². The van der Waals surface area contributed by atoms with E-state index in [-0.39, 0.29) is 30.3 Å². The number of nitrogens with zero attached hydrogens (tertiary/aromatic N) is 5. The molecule has 0 bridgehead atoms. The maximum absolute atomic E-state index is 13.9. The molecule has 0 spiro atoms. The van der Waals surface area contributed by atoms with Crippen molar-refractivity contribution in [3.05, 3.63) is 59.4 Å².